The average molecular weight is 388 g/mol. The summed E-state index contributed by atoms with van der Waals surface area (Å²) in [5.74, 6) is 0.685. The Hall–Kier alpha value is -0.810. The first-order valence-corrected chi connectivity index (χ1v) is 8.93. The first-order valence-electron chi connectivity index (χ1n) is 8.93. The molecular weight excluding hydrogens is 357 g/mol. The summed E-state index contributed by atoms with van der Waals surface area (Å²) in [4.78, 5) is 15.0. The molecule has 2 aliphatic heterocycles. The maximum atomic E-state index is 12.6. The van der Waals surface area contributed by atoms with E-state index in [0.29, 0.717) is 12.0 Å². The Balaban J connectivity index is 0.00000156. The fourth-order valence-electron chi connectivity index (χ4n) is 3.76. The van der Waals surface area contributed by atoms with Crippen molar-refractivity contribution in [3.05, 3.63) is 34.9 Å². The zero-order valence-electron chi connectivity index (χ0n) is 15.2. The van der Waals surface area contributed by atoms with Crippen LogP contribution in [0.15, 0.2) is 18.2 Å². The van der Waals surface area contributed by atoms with Crippen molar-refractivity contribution in [3.63, 3.8) is 0 Å². The summed E-state index contributed by atoms with van der Waals surface area (Å²) in [5.41, 5.74) is 3.35. The Labute approximate surface area is 163 Å². The lowest BCUT2D eigenvalue weighted by molar-refractivity contribution is 0.0916. The second-order valence-electron chi connectivity index (χ2n) is 7.21. The van der Waals surface area contributed by atoms with Gasteiger partial charge in [-0.25, -0.2) is 0 Å². The van der Waals surface area contributed by atoms with Crippen LogP contribution in [0, 0.1) is 6.92 Å². The van der Waals surface area contributed by atoms with E-state index >= 15 is 0 Å². The van der Waals surface area contributed by atoms with Crippen LogP contribution in [0.1, 0.15) is 53.1 Å². The first-order chi connectivity index (χ1) is 11.1. The predicted octanol–water partition coefficient (Wildman–Crippen LogP) is 3.13. The molecule has 4 nitrogen and oxygen atoms in total. The Bertz CT molecular complexity index is 554. The SMILES string of the molecule is Cc1cc(C(=O)NC2CCN(C)CC2)cc(C2CCNCC2)c1.Cl.Cl. The number of nitrogens with zero attached hydrogens (tertiary/aromatic N) is 1. The quantitative estimate of drug-likeness (QED) is 0.836. The number of carbonyl (C=O) groups excluding carboxylic acids is 1. The minimum absolute atomic E-state index is 0. The summed E-state index contributed by atoms with van der Waals surface area (Å²) in [5, 5.41) is 6.65. The number of aryl methyl sites for hydroxylation is 1. The van der Waals surface area contributed by atoms with E-state index in [1.807, 2.05) is 6.07 Å². The summed E-state index contributed by atoms with van der Waals surface area (Å²) in [6, 6.07) is 6.71. The van der Waals surface area contributed by atoms with E-state index < -0.39 is 0 Å². The minimum atomic E-state index is 0. The van der Waals surface area contributed by atoms with Crippen LogP contribution >= 0.6 is 24.8 Å². The molecule has 2 fully saturated rings. The van der Waals surface area contributed by atoms with Crippen molar-refractivity contribution in [2.24, 2.45) is 0 Å². The van der Waals surface area contributed by atoms with Gasteiger partial charge in [0.2, 0.25) is 0 Å². The number of halogens is 2. The zero-order valence-corrected chi connectivity index (χ0v) is 16.8. The molecule has 1 aromatic rings. The van der Waals surface area contributed by atoms with Crippen molar-refractivity contribution in [3.8, 4) is 0 Å². The molecule has 2 N–H and O–H groups in total. The van der Waals surface area contributed by atoms with Crippen molar-refractivity contribution in [1.82, 2.24) is 15.5 Å². The fraction of sp³-hybridized carbons (Fsp3) is 0.632. The first kappa shape index (κ1) is 22.2. The van der Waals surface area contributed by atoms with Gasteiger partial charge in [-0.2, -0.15) is 0 Å². The van der Waals surface area contributed by atoms with Gasteiger partial charge in [-0.3, -0.25) is 4.79 Å². The number of likely N-dealkylation sites (tertiary alicyclic amines) is 1. The number of piperidine rings is 2. The third kappa shape index (κ3) is 6.14. The lowest BCUT2D eigenvalue weighted by Crippen LogP contribution is -2.43. The van der Waals surface area contributed by atoms with Crippen molar-refractivity contribution in [2.45, 2.75) is 44.6 Å². The number of hydrogen-bond acceptors (Lipinski definition) is 3. The molecule has 0 spiro atoms. The Kier molecular flexibility index (Phi) is 9.22. The smallest absolute Gasteiger partial charge is 0.251 e. The van der Waals surface area contributed by atoms with Crippen LogP contribution in [0.2, 0.25) is 0 Å². The molecule has 2 saturated heterocycles. The van der Waals surface area contributed by atoms with Crippen LogP contribution in [0.4, 0.5) is 0 Å². The molecule has 142 valence electrons. The molecule has 0 bridgehead atoms. The van der Waals surface area contributed by atoms with Crippen LogP contribution in [0.5, 0.6) is 0 Å². The van der Waals surface area contributed by atoms with Gasteiger partial charge in [0, 0.05) is 11.6 Å². The summed E-state index contributed by atoms with van der Waals surface area (Å²) in [6.07, 6.45) is 4.43. The van der Waals surface area contributed by atoms with E-state index in [2.05, 4.69) is 41.6 Å². The van der Waals surface area contributed by atoms with Gasteiger partial charge in [-0.15, -0.1) is 24.8 Å². The van der Waals surface area contributed by atoms with Gasteiger partial charge in [0.15, 0.2) is 0 Å². The third-order valence-electron chi connectivity index (χ3n) is 5.23. The molecule has 0 aromatic heterocycles. The van der Waals surface area contributed by atoms with Crippen LogP contribution in [0.25, 0.3) is 0 Å². The molecule has 6 heteroatoms. The zero-order chi connectivity index (χ0) is 16.2. The molecule has 0 radical (unpaired) electrons. The highest BCUT2D eigenvalue weighted by molar-refractivity contribution is 5.94. The van der Waals surface area contributed by atoms with E-state index in [4.69, 9.17) is 0 Å². The second kappa shape index (κ2) is 10.4. The van der Waals surface area contributed by atoms with Crippen LogP contribution in [-0.2, 0) is 0 Å². The lowest BCUT2D eigenvalue weighted by Gasteiger charge is -2.29. The molecule has 2 aliphatic rings. The van der Waals surface area contributed by atoms with Gasteiger partial charge >= 0.3 is 0 Å². The van der Waals surface area contributed by atoms with Gasteiger partial charge in [0.25, 0.3) is 5.91 Å². The highest BCUT2D eigenvalue weighted by atomic mass is 35.5. The highest BCUT2D eigenvalue weighted by Gasteiger charge is 2.21. The van der Waals surface area contributed by atoms with E-state index in [9.17, 15) is 4.79 Å². The molecule has 1 aromatic carbocycles. The highest BCUT2D eigenvalue weighted by Crippen LogP contribution is 2.27. The van der Waals surface area contributed by atoms with E-state index in [-0.39, 0.29) is 30.7 Å². The van der Waals surface area contributed by atoms with Gasteiger partial charge < -0.3 is 15.5 Å². The van der Waals surface area contributed by atoms with E-state index in [1.54, 1.807) is 0 Å². The standard InChI is InChI=1S/C19H29N3O.2ClH/c1-14-11-16(15-3-7-20-8-4-15)13-17(12-14)19(23)21-18-5-9-22(2)10-6-18;;/h11-13,15,18,20H,3-10H2,1-2H3,(H,21,23);2*1H. The van der Waals surface area contributed by atoms with Crippen molar-refractivity contribution in [1.29, 1.82) is 0 Å². The van der Waals surface area contributed by atoms with Crippen LogP contribution in [0.3, 0.4) is 0 Å². The second-order valence-corrected chi connectivity index (χ2v) is 7.21. The number of nitrogens with one attached hydrogen (secondary N) is 2. The molecule has 25 heavy (non-hydrogen) atoms. The van der Waals surface area contributed by atoms with Gasteiger partial charge in [0.1, 0.15) is 0 Å². The number of amides is 1. The number of benzene rings is 1. The summed E-state index contributed by atoms with van der Waals surface area (Å²) >= 11 is 0. The molecule has 0 aliphatic carbocycles. The van der Waals surface area contributed by atoms with Gasteiger partial charge in [-0.1, -0.05) is 11.6 Å². The average Bonchev–Trinajstić information content (AvgIpc) is 2.57. The maximum absolute atomic E-state index is 12.6. The van der Waals surface area contributed by atoms with Gasteiger partial charge in [0.05, 0.1) is 0 Å². The summed E-state index contributed by atoms with van der Waals surface area (Å²) in [7, 11) is 2.14. The summed E-state index contributed by atoms with van der Waals surface area (Å²) in [6.45, 7) is 6.39. The van der Waals surface area contributed by atoms with Gasteiger partial charge in [-0.05, 0) is 89.4 Å². The fourth-order valence-corrected chi connectivity index (χ4v) is 3.76. The van der Waals surface area contributed by atoms with Crippen LogP contribution in [-0.4, -0.2) is 50.1 Å². The Morgan fingerprint density at radius 1 is 1.08 bits per heavy atom. The van der Waals surface area contributed by atoms with Crippen molar-refractivity contribution < 1.29 is 4.79 Å². The number of hydrogen-bond donors (Lipinski definition) is 2. The van der Waals surface area contributed by atoms with E-state index in [0.717, 1.165) is 44.6 Å². The topological polar surface area (TPSA) is 44.4 Å². The van der Waals surface area contributed by atoms with Crippen molar-refractivity contribution in [2.75, 3.05) is 33.2 Å². The van der Waals surface area contributed by atoms with E-state index in [1.165, 1.54) is 24.0 Å². The normalized spacial score (nSPS) is 19.6. The Morgan fingerprint density at radius 3 is 2.36 bits per heavy atom. The monoisotopic (exact) mass is 387 g/mol. The molecule has 0 saturated carbocycles. The molecule has 0 atom stereocenters. The number of carbonyl (C=O) groups is 1. The molecular formula is C19H31Cl2N3O. The largest absolute Gasteiger partial charge is 0.349 e. The molecule has 1 amide bonds. The van der Waals surface area contributed by atoms with Crippen molar-refractivity contribution >= 4 is 30.7 Å². The maximum Gasteiger partial charge on any atom is 0.251 e. The lowest BCUT2D eigenvalue weighted by atomic mass is 9.88. The molecule has 0 unspecified atom stereocenters. The predicted molar refractivity (Wildman–Crippen MR) is 109 cm³/mol. The number of rotatable bonds is 3. The molecule has 3 rings (SSSR count). The van der Waals surface area contributed by atoms with Crippen LogP contribution < -0.4 is 10.6 Å². The molecule has 2 heterocycles. The Morgan fingerprint density at radius 2 is 1.72 bits per heavy atom. The minimum Gasteiger partial charge on any atom is -0.349 e. The summed E-state index contributed by atoms with van der Waals surface area (Å²) < 4.78 is 0. The third-order valence-corrected chi connectivity index (χ3v) is 5.23.